The van der Waals surface area contributed by atoms with E-state index in [0.29, 0.717) is 22.8 Å². The van der Waals surface area contributed by atoms with E-state index in [9.17, 15) is 10.1 Å². The number of rotatable bonds is 3. The minimum atomic E-state index is -0.390. The van der Waals surface area contributed by atoms with E-state index in [1.807, 2.05) is 30.3 Å². The number of fused-ring (bicyclic) bond motifs is 1. The van der Waals surface area contributed by atoms with Gasteiger partial charge in [0.2, 0.25) is 5.89 Å². The van der Waals surface area contributed by atoms with E-state index in [1.165, 1.54) is 10.9 Å². The van der Waals surface area contributed by atoms with Gasteiger partial charge in [0, 0.05) is 11.6 Å². The predicted molar refractivity (Wildman–Crippen MR) is 110 cm³/mol. The summed E-state index contributed by atoms with van der Waals surface area (Å²) in [7, 11) is 0. The highest BCUT2D eigenvalue weighted by molar-refractivity contribution is 5.82. The van der Waals surface area contributed by atoms with Gasteiger partial charge in [-0.05, 0) is 25.3 Å². The summed E-state index contributed by atoms with van der Waals surface area (Å²) in [5.74, 6) is 1.03. The molecule has 5 rings (SSSR count). The monoisotopic (exact) mass is 400 g/mol. The van der Waals surface area contributed by atoms with Crippen LogP contribution in [0.1, 0.15) is 55.3 Å². The van der Waals surface area contributed by atoms with Crippen molar-refractivity contribution < 1.29 is 4.42 Å². The summed E-state index contributed by atoms with van der Waals surface area (Å²) in [6.07, 6.45) is 5.60. The minimum Gasteiger partial charge on any atom is -0.420 e. The van der Waals surface area contributed by atoms with E-state index in [4.69, 9.17) is 4.42 Å². The Morgan fingerprint density at radius 1 is 1.13 bits per heavy atom. The number of aromatic nitrogens is 5. The Labute approximate surface area is 172 Å². The molecule has 30 heavy (non-hydrogen) atoms. The molecule has 0 atom stereocenters. The van der Waals surface area contributed by atoms with Gasteiger partial charge in [0.05, 0.1) is 5.56 Å². The first kappa shape index (κ1) is 18.3. The van der Waals surface area contributed by atoms with Crippen LogP contribution in [0.25, 0.3) is 28.2 Å². The molecule has 0 radical (unpaired) electrons. The van der Waals surface area contributed by atoms with Crippen LogP contribution in [-0.4, -0.2) is 24.8 Å². The van der Waals surface area contributed by atoms with Crippen LogP contribution in [0.2, 0.25) is 0 Å². The second-order valence-electron chi connectivity index (χ2n) is 7.67. The molecule has 1 aromatic carbocycles. The fourth-order valence-electron chi connectivity index (χ4n) is 4.25. The van der Waals surface area contributed by atoms with Gasteiger partial charge in [-0.15, -0.1) is 10.2 Å². The van der Waals surface area contributed by atoms with Gasteiger partial charge in [-0.1, -0.05) is 49.6 Å². The number of aryl methyl sites for hydroxylation is 1. The Hall–Kier alpha value is -3.73. The highest BCUT2D eigenvalue weighted by Crippen LogP contribution is 2.33. The number of benzene rings is 1. The topological polar surface area (TPSA) is 113 Å². The van der Waals surface area contributed by atoms with E-state index >= 15 is 0 Å². The van der Waals surface area contributed by atoms with Crippen molar-refractivity contribution in [2.24, 2.45) is 0 Å². The smallest absolute Gasteiger partial charge is 0.287 e. The quantitative estimate of drug-likeness (QED) is 0.557. The first-order valence-corrected chi connectivity index (χ1v) is 10.1. The van der Waals surface area contributed by atoms with Crippen LogP contribution in [0.4, 0.5) is 0 Å². The highest BCUT2D eigenvalue weighted by atomic mass is 16.4. The zero-order chi connectivity index (χ0) is 20.7. The lowest BCUT2D eigenvalue weighted by molar-refractivity contribution is 0.367. The lowest BCUT2D eigenvalue weighted by atomic mass is 9.89. The molecule has 0 bridgehead atoms. The number of aromatic amines is 1. The van der Waals surface area contributed by atoms with Crippen molar-refractivity contribution >= 4 is 5.65 Å². The molecule has 8 heteroatoms. The van der Waals surface area contributed by atoms with Gasteiger partial charge >= 0.3 is 0 Å². The molecule has 150 valence electrons. The van der Waals surface area contributed by atoms with E-state index in [1.54, 1.807) is 6.92 Å². The van der Waals surface area contributed by atoms with E-state index < -0.39 is 5.56 Å². The van der Waals surface area contributed by atoms with Gasteiger partial charge in [-0.2, -0.15) is 14.9 Å². The van der Waals surface area contributed by atoms with Crippen LogP contribution in [0, 0.1) is 18.3 Å². The van der Waals surface area contributed by atoms with E-state index in [2.05, 4.69) is 26.3 Å². The molecule has 0 aliphatic heterocycles. The largest absolute Gasteiger partial charge is 0.420 e. The normalized spacial score (nSPS) is 14.8. The van der Waals surface area contributed by atoms with Gasteiger partial charge in [0.1, 0.15) is 17.3 Å². The zero-order valence-corrected chi connectivity index (χ0v) is 16.6. The standard InChI is InChI=1S/C22H20N6O2/c1-13-17(21-26-25-20(30-21)15-10-6-3-7-11-15)22(29)28-19(24-13)18(16(12-23)27-28)14-8-4-2-5-9-14/h2,4-5,8-9,15,24H,3,6-7,10-11H2,1H3. The fraction of sp³-hybridized carbons (Fsp3) is 0.318. The van der Waals surface area contributed by atoms with Gasteiger partial charge in [0.25, 0.3) is 11.4 Å². The van der Waals surface area contributed by atoms with Crippen molar-refractivity contribution in [3.05, 3.63) is 58.0 Å². The lowest BCUT2D eigenvalue weighted by Gasteiger charge is -2.17. The molecule has 8 nitrogen and oxygen atoms in total. The van der Waals surface area contributed by atoms with E-state index in [0.717, 1.165) is 31.2 Å². The van der Waals surface area contributed by atoms with Gasteiger partial charge in [-0.3, -0.25) is 4.79 Å². The Morgan fingerprint density at radius 3 is 2.63 bits per heavy atom. The first-order chi connectivity index (χ1) is 14.7. The number of H-pyrrole nitrogens is 1. The van der Waals surface area contributed by atoms with Gasteiger partial charge < -0.3 is 9.40 Å². The summed E-state index contributed by atoms with van der Waals surface area (Å²) < 4.78 is 7.14. The maximum Gasteiger partial charge on any atom is 0.287 e. The van der Waals surface area contributed by atoms with E-state index in [-0.39, 0.29) is 23.1 Å². The number of hydrogen-bond acceptors (Lipinski definition) is 6. The summed E-state index contributed by atoms with van der Waals surface area (Å²) in [5.41, 5.74) is 2.54. The van der Waals surface area contributed by atoms with Crippen LogP contribution in [0.5, 0.6) is 0 Å². The molecule has 3 heterocycles. The molecule has 0 unspecified atom stereocenters. The van der Waals surface area contributed by atoms with Gasteiger partial charge in [0.15, 0.2) is 5.69 Å². The number of hydrogen-bond donors (Lipinski definition) is 1. The Bertz CT molecular complexity index is 1320. The molecule has 1 aliphatic carbocycles. The maximum absolute atomic E-state index is 13.3. The summed E-state index contributed by atoms with van der Waals surface area (Å²) in [5, 5.41) is 22.2. The van der Waals surface area contributed by atoms with Crippen LogP contribution in [0.15, 0.2) is 39.5 Å². The van der Waals surface area contributed by atoms with Crippen molar-refractivity contribution in [3.63, 3.8) is 0 Å². The molecule has 3 aromatic heterocycles. The molecule has 0 spiro atoms. The van der Waals surface area contributed by atoms with Crippen LogP contribution >= 0.6 is 0 Å². The average molecular weight is 400 g/mol. The molecule has 4 aromatic rings. The third-order valence-corrected chi connectivity index (χ3v) is 5.75. The lowest BCUT2D eigenvalue weighted by Crippen LogP contribution is -2.19. The second kappa shape index (κ2) is 7.26. The highest BCUT2D eigenvalue weighted by Gasteiger charge is 2.25. The first-order valence-electron chi connectivity index (χ1n) is 10.1. The number of nitriles is 1. The maximum atomic E-state index is 13.3. The van der Waals surface area contributed by atoms with Crippen molar-refractivity contribution in [1.82, 2.24) is 24.8 Å². The molecule has 1 aliphatic rings. The average Bonchev–Trinajstić information content (AvgIpc) is 3.40. The Morgan fingerprint density at radius 2 is 1.90 bits per heavy atom. The van der Waals surface area contributed by atoms with Crippen molar-refractivity contribution in [1.29, 1.82) is 5.26 Å². The second-order valence-corrected chi connectivity index (χ2v) is 7.67. The summed E-state index contributed by atoms with van der Waals surface area (Å²) >= 11 is 0. The van der Waals surface area contributed by atoms with Crippen molar-refractivity contribution in [2.75, 3.05) is 0 Å². The predicted octanol–water partition coefficient (Wildman–Crippen LogP) is 3.97. The molecule has 1 fully saturated rings. The third-order valence-electron chi connectivity index (χ3n) is 5.75. The minimum absolute atomic E-state index is 0.180. The van der Waals surface area contributed by atoms with Gasteiger partial charge in [-0.25, -0.2) is 0 Å². The SMILES string of the molecule is Cc1[nH]c2c(-c3ccccc3)c(C#N)nn2c(=O)c1-c1nnc(C2CCCCC2)o1. The Kier molecular flexibility index (Phi) is 4.43. The molecule has 1 N–H and O–H groups in total. The summed E-state index contributed by atoms with van der Waals surface area (Å²) in [4.78, 5) is 16.5. The molecule has 0 amide bonds. The third kappa shape index (κ3) is 2.90. The fourth-order valence-corrected chi connectivity index (χ4v) is 4.25. The van der Waals surface area contributed by atoms with Crippen LogP contribution in [0.3, 0.4) is 0 Å². The molecular formula is C22H20N6O2. The van der Waals surface area contributed by atoms with Crippen molar-refractivity contribution in [3.8, 4) is 28.7 Å². The zero-order valence-electron chi connectivity index (χ0n) is 16.6. The van der Waals surface area contributed by atoms with Crippen molar-refractivity contribution in [2.45, 2.75) is 44.9 Å². The van der Waals surface area contributed by atoms with Crippen LogP contribution < -0.4 is 5.56 Å². The summed E-state index contributed by atoms with van der Waals surface area (Å²) in [6, 6.07) is 11.5. The number of nitrogens with zero attached hydrogens (tertiary/aromatic N) is 5. The van der Waals surface area contributed by atoms with Crippen LogP contribution in [-0.2, 0) is 0 Å². The summed E-state index contributed by atoms with van der Waals surface area (Å²) in [6.45, 7) is 1.79. The molecule has 0 saturated heterocycles. The number of nitrogens with one attached hydrogen (secondary N) is 1. The molecular weight excluding hydrogens is 380 g/mol. The molecule has 1 saturated carbocycles. The Balaban J connectivity index is 1.66.